The molecule has 0 rings (SSSR count). The average Bonchev–Trinajstić information content (AvgIpc) is 2.29. The SMILES string of the molecule is CC/C(F)=C/CCCCOC(C)(C)NC(=O)OC(C)(C)C. The average molecular weight is 303 g/mol. The third kappa shape index (κ3) is 12.4. The molecule has 0 aromatic carbocycles. The van der Waals surface area contributed by atoms with Gasteiger partial charge in [-0.3, -0.25) is 5.32 Å². The number of carbonyl (C=O) groups is 1. The molecular weight excluding hydrogens is 273 g/mol. The van der Waals surface area contributed by atoms with Crippen molar-refractivity contribution in [2.75, 3.05) is 6.61 Å². The molecule has 21 heavy (non-hydrogen) atoms. The zero-order valence-electron chi connectivity index (χ0n) is 14.2. The van der Waals surface area contributed by atoms with E-state index in [1.54, 1.807) is 26.8 Å². The second-order valence-corrected chi connectivity index (χ2v) is 6.49. The Morgan fingerprint density at radius 2 is 1.81 bits per heavy atom. The lowest BCUT2D eigenvalue weighted by molar-refractivity contribution is -0.0493. The Hall–Kier alpha value is -1.10. The number of alkyl carbamates (subject to hydrolysis) is 1. The van der Waals surface area contributed by atoms with E-state index in [4.69, 9.17) is 9.47 Å². The van der Waals surface area contributed by atoms with E-state index in [9.17, 15) is 9.18 Å². The molecule has 0 saturated heterocycles. The van der Waals surface area contributed by atoms with Crippen molar-refractivity contribution >= 4 is 6.09 Å². The van der Waals surface area contributed by atoms with Crippen LogP contribution in [0.5, 0.6) is 0 Å². The number of rotatable bonds is 8. The lowest BCUT2D eigenvalue weighted by Crippen LogP contribution is -2.47. The Morgan fingerprint density at radius 3 is 2.33 bits per heavy atom. The fourth-order valence-electron chi connectivity index (χ4n) is 1.56. The monoisotopic (exact) mass is 303 g/mol. The molecule has 0 aliphatic heterocycles. The summed E-state index contributed by atoms with van der Waals surface area (Å²) >= 11 is 0. The van der Waals surface area contributed by atoms with Crippen molar-refractivity contribution in [1.29, 1.82) is 0 Å². The first kappa shape index (κ1) is 19.9. The lowest BCUT2D eigenvalue weighted by atomic mass is 10.2. The van der Waals surface area contributed by atoms with Crippen LogP contribution in [0.1, 0.15) is 67.2 Å². The first-order chi connectivity index (χ1) is 9.56. The molecule has 0 aliphatic carbocycles. The molecule has 0 unspecified atom stereocenters. The van der Waals surface area contributed by atoms with Crippen molar-refractivity contribution in [1.82, 2.24) is 5.32 Å². The van der Waals surface area contributed by atoms with Gasteiger partial charge in [-0.05, 0) is 60.3 Å². The van der Waals surface area contributed by atoms with E-state index in [0.29, 0.717) is 19.4 Å². The minimum atomic E-state index is -0.785. The van der Waals surface area contributed by atoms with Crippen LogP contribution in [0.15, 0.2) is 11.9 Å². The van der Waals surface area contributed by atoms with Gasteiger partial charge in [-0.15, -0.1) is 0 Å². The molecule has 124 valence electrons. The largest absolute Gasteiger partial charge is 0.444 e. The Labute approximate surface area is 128 Å². The first-order valence-corrected chi connectivity index (χ1v) is 7.55. The summed E-state index contributed by atoms with van der Waals surface area (Å²) in [5.74, 6) is -0.0668. The van der Waals surface area contributed by atoms with Gasteiger partial charge in [0.25, 0.3) is 0 Å². The van der Waals surface area contributed by atoms with Crippen molar-refractivity contribution in [3.8, 4) is 0 Å². The van der Waals surface area contributed by atoms with Crippen LogP contribution in [-0.4, -0.2) is 24.0 Å². The summed E-state index contributed by atoms with van der Waals surface area (Å²) in [6.07, 6.45) is 3.94. The predicted molar refractivity (Wildman–Crippen MR) is 82.7 cm³/mol. The van der Waals surface area contributed by atoms with Crippen molar-refractivity contribution in [3.63, 3.8) is 0 Å². The van der Waals surface area contributed by atoms with E-state index >= 15 is 0 Å². The fourth-order valence-corrected chi connectivity index (χ4v) is 1.56. The molecule has 0 saturated carbocycles. The number of halogens is 1. The highest BCUT2D eigenvalue weighted by Gasteiger charge is 2.24. The summed E-state index contributed by atoms with van der Waals surface area (Å²) in [7, 11) is 0. The van der Waals surface area contributed by atoms with Gasteiger partial charge in [0.05, 0.1) is 5.83 Å². The number of hydrogen-bond acceptors (Lipinski definition) is 3. The van der Waals surface area contributed by atoms with Crippen LogP contribution in [-0.2, 0) is 9.47 Å². The van der Waals surface area contributed by atoms with Gasteiger partial charge in [0.2, 0.25) is 0 Å². The van der Waals surface area contributed by atoms with Crippen molar-refractivity contribution in [2.24, 2.45) is 0 Å². The normalized spacial score (nSPS) is 13.2. The highest BCUT2D eigenvalue weighted by atomic mass is 19.1. The minimum Gasteiger partial charge on any atom is -0.444 e. The van der Waals surface area contributed by atoms with E-state index in [1.807, 2.05) is 20.8 Å². The van der Waals surface area contributed by atoms with Gasteiger partial charge in [-0.25, -0.2) is 9.18 Å². The van der Waals surface area contributed by atoms with Gasteiger partial charge in [0, 0.05) is 6.61 Å². The van der Waals surface area contributed by atoms with E-state index in [-0.39, 0.29) is 5.83 Å². The van der Waals surface area contributed by atoms with Crippen molar-refractivity contribution in [3.05, 3.63) is 11.9 Å². The smallest absolute Gasteiger partial charge is 0.409 e. The molecule has 0 spiro atoms. The number of nitrogens with one attached hydrogen (secondary N) is 1. The van der Waals surface area contributed by atoms with E-state index in [2.05, 4.69) is 5.32 Å². The predicted octanol–water partition coefficient (Wildman–Crippen LogP) is 4.70. The van der Waals surface area contributed by atoms with Gasteiger partial charge in [0.15, 0.2) is 0 Å². The first-order valence-electron chi connectivity index (χ1n) is 7.55. The van der Waals surface area contributed by atoms with E-state index in [0.717, 1.165) is 12.8 Å². The van der Waals surface area contributed by atoms with Crippen LogP contribution >= 0.6 is 0 Å². The zero-order chi connectivity index (χ0) is 16.5. The molecule has 0 aliphatic rings. The molecule has 0 bridgehead atoms. The van der Waals surface area contributed by atoms with Crippen molar-refractivity contribution < 1.29 is 18.7 Å². The Morgan fingerprint density at radius 1 is 1.19 bits per heavy atom. The molecule has 4 nitrogen and oxygen atoms in total. The van der Waals surface area contributed by atoms with Crippen LogP contribution in [0, 0.1) is 0 Å². The number of allylic oxidation sites excluding steroid dienone is 2. The highest BCUT2D eigenvalue weighted by Crippen LogP contribution is 2.12. The number of unbranched alkanes of at least 4 members (excludes halogenated alkanes) is 2. The van der Waals surface area contributed by atoms with Crippen LogP contribution in [0.25, 0.3) is 0 Å². The van der Waals surface area contributed by atoms with Gasteiger partial charge < -0.3 is 9.47 Å². The van der Waals surface area contributed by atoms with E-state index < -0.39 is 17.4 Å². The number of ether oxygens (including phenoxy) is 2. The van der Waals surface area contributed by atoms with Gasteiger partial charge in [-0.1, -0.05) is 13.0 Å². The Balaban J connectivity index is 3.90. The summed E-state index contributed by atoms with van der Waals surface area (Å²) in [4.78, 5) is 11.7. The molecule has 1 amide bonds. The zero-order valence-corrected chi connectivity index (χ0v) is 14.2. The maximum Gasteiger partial charge on any atom is 0.409 e. The Bertz CT molecular complexity index is 346. The molecule has 0 aromatic rings. The summed E-state index contributed by atoms with van der Waals surface area (Å²) in [6.45, 7) is 11.3. The van der Waals surface area contributed by atoms with Gasteiger partial charge in [0.1, 0.15) is 11.3 Å². The lowest BCUT2D eigenvalue weighted by Gasteiger charge is -2.28. The number of hydrogen-bond donors (Lipinski definition) is 1. The number of amides is 1. The summed E-state index contributed by atoms with van der Waals surface area (Å²) in [6, 6.07) is 0. The molecule has 0 radical (unpaired) electrons. The molecular formula is C16H30FNO3. The fraction of sp³-hybridized carbons (Fsp3) is 0.812. The van der Waals surface area contributed by atoms with Gasteiger partial charge >= 0.3 is 6.09 Å². The van der Waals surface area contributed by atoms with Gasteiger partial charge in [-0.2, -0.15) is 0 Å². The van der Waals surface area contributed by atoms with Crippen LogP contribution in [0.4, 0.5) is 9.18 Å². The molecule has 0 atom stereocenters. The number of carbonyl (C=O) groups excluding carboxylic acids is 1. The van der Waals surface area contributed by atoms with Crippen LogP contribution in [0.3, 0.4) is 0 Å². The summed E-state index contributed by atoms with van der Waals surface area (Å²) < 4.78 is 23.7. The van der Waals surface area contributed by atoms with Crippen LogP contribution in [0.2, 0.25) is 0 Å². The third-order valence-electron chi connectivity index (χ3n) is 2.57. The molecule has 0 aromatic heterocycles. The highest BCUT2D eigenvalue weighted by molar-refractivity contribution is 5.68. The quantitative estimate of drug-likeness (QED) is 0.522. The molecule has 0 heterocycles. The maximum atomic E-state index is 12.9. The van der Waals surface area contributed by atoms with E-state index in [1.165, 1.54) is 0 Å². The molecule has 0 fully saturated rings. The second kappa shape index (κ2) is 9.03. The van der Waals surface area contributed by atoms with Crippen LogP contribution < -0.4 is 5.32 Å². The second-order valence-electron chi connectivity index (χ2n) is 6.49. The standard InChI is InChI=1S/C16H30FNO3/c1-7-13(17)11-9-8-10-12-20-16(5,6)18-14(19)21-15(2,3)4/h11H,7-10,12H2,1-6H3,(H,18,19)/b13-11-. The minimum absolute atomic E-state index is 0.0668. The maximum absolute atomic E-state index is 12.9. The molecule has 1 N–H and O–H groups in total. The molecule has 5 heteroatoms. The summed E-state index contributed by atoms with van der Waals surface area (Å²) in [5.41, 5.74) is -1.32. The topological polar surface area (TPSA) is 47.6 Å². The third-order valence-corrected chi connectivity index (χ3v) is 2.57. The summed E-state index contributed by atoms with van der Waals surface area (Å²) in [5, 5.41) is 2.68. The van der Waals surface area contributed by atoms with Crippen molar-refractivity contribution in [2.45, 2.75) is 78.6 Å². The Kier molecular flexibility index (Phi) is 8.55.